The van der Waals surface area contributed by atoms with Crippen molar-refractivity contribution in [1.29, 1.82) is 0 Å². The number of nitrogens with zero attached hydrogens (tertiary/aromatic N) is 3. The van der Waals surface area contributed by atoms with Crippen LogP contribution in [0.1, 0.15) is 61.6 Å². The number of anilines is 1. The van der Waals surface area contributed by atoms with Crippen molar-refractivity contribution < 1.29 is 0 Å². The zero-order valence-electron chi connectivity index (χ0n) is 16.4. The van der Waals surface area contributed by atoms with Crippen LogP contribution in [-0.4, -0.2) is 14.7 Å². The lowest BCUT2D eigenvalue weighted by Gasteiger charge is -2.32. The second-order valence-corrected chi connectivity index (χ2v) is 8.35. The van der Waals surface area contributed by atoms with E-state index in [0.717, 1.165) is 16.5 Å². The van der Waals surface area contributed by atoms with E-state index in [9.17, 15) is 0 Å². The lowest BCUT2D eigenvalue weighted by Crippen LogP contribution is -2.31. The van der Waals surface area contributed by atoms with Gasteiger partial charge in [-0.15, -0.1) is 0 Å². The Hall–Kier alpha value is -2.66. The highest BCUT2D eigenvalue weighted by Gasteiger charge is 2.42. The summed E-state index contributed by atoms with van der Waals surface area (Å²) in [5.74, 6) is 0. The molecule has 5 rings (SSSR count). The molecule has 148 valence electrons. The van der Waals surface area contributed by atoms with Gasteiger partial charge in [0.15, 0.2) is 5.11 Å². The van der Waals surface area contributed by atoms with E-state index in [2.05, 4.69) is 74.5 Å². The molecule has 0 amide bonds. The Morgan fingerprint density at radius 3 is 2.45 bits per heavy atom. The first-order valence-corrected chi connectivity index (χ1v) is 11.0. The fraction of sp³-hybridized carbons (Fsp3) is 0.333. The van der Waals surface area contributed by atoms with Crippen molar-refractivity contribution in [3.63, 3.8) is 0 Å². The van der Waals surface area contributed by atoms with Gasteiger partial charge in [0, 0.05) is 29.8 Å². The summed E-state index contributed by atoms with van der Waals surface area (Å²) in [6.45, 7) is 0. The summed E-state index contributed by atoms with van der Waals surface area (Å²) in [4.78, 5) is 6.93. The average Bonchev–Trinajstić information content (AvgIpc) is 3.40. The number of hydrogen-bond acceptors (Lipinski definition) is 2. The SMILES string of the molecule is S=C1NC(c2ccccn2)C(c2cccn2C2CCCCC2)N1c1ccccc1. The molecule has 3 heterocycles. The molecule has 1 saturated heterocycles. The van der Waals surface area contributed by atoms with Crippen LogP contribution in [0.15, 0.2) is 73.1 Å². The van der Waals surface area contributed by atoms with Gasteiger partial charge in [-0.3, -0.25) is 4.98 Å². The molecule has 2 atom stereocenters. The minimum Gasteiger partial charge on any atom is -0.351 e. The zero-order chi connectivity index (χ0) is 19.6. The first-order chi connectivity index (χ1) is 14.3. The van der Waals surface area contributed by atoms with Crippen LogP contribution in [0.25, 0.3) is 0 Å². The van der Waals surface area contributed by atoms with Crippen molar-refractivity contribution in [2.45, 2.75) is 50.2 Å². The molecule has 4 nitrogen and oxygen atoms in total. The van der Waals surface area contributed by atoms with Crippen LogP contribution in [0.5, 0.6) is 0 Å². The molecule has 0 bridgehead atoms. The van der Waals surface area contributed by atoms with Gasteiger partial charge in [0.05, 0.1) is 11.7 Å². The number of hydrogen-bond donors (Lipinski definition) is 1. The number of nitrogens with one attached hydrogen (secondary N) is 1. The average molecular weight is 403 g/mol. The monoisotopic (exact) mass is 402 g/mol. The lowest BCUT2D eigenvalue weighted by molar-refractivity contribution is 0.340. The molecule has 0 spiro atoms. The molecule has 2 fully saturated rings. The van der Waals surface area contributed by atoms with Gasteiger partial charge in [0.25, 0.3) is 0 Å². The van der Waals surface area contributed by atoms with Crippen molar-refractivity contribution >= 4 is 23.0 Å². The van der Waals surface area contributed by atoms with Gasteiger partial charge in [0.2, 0.25) is 0 Å². The van der Waals surface area contributed by atoms with E-state index >= 15 is 0 Å². The second-order valence-electron chi connectivity index (χ2n) is 7.96. The summed E-state index contributed by atoms with van der Waals surface area (Å²) in [5.41, 5.74) is 3.45. The third-order valence-corrected chi connectivity index (χ3v) is 6.53. The molecular weight excluding hydrogens is 376 g/mol. The molecule has 1 saturated carbocycles. The Balaban J connectivity index is 1.61. The summed E-state index contributed by atoms with van der Waals surface area (Å²) < 4.78 is 2.51. The van der Waals surface area contributed by atoms with E-state index < -0.39 is 0 Å². The molecule has 2 aromatic heterocycles. The third kappa shape index (κ3) is 3.44. The van der Waals surface area contributed by atoms with Gasteiger partial charge >= 0.3 is 0 Å². The van der Waals surface area contributed by atoms with Crippen molar-refractivity contribution in [3.8, 4) is 0 Å². The largest absolute Gasteiger partial charge is 0.351 e. The fourth-order valence-electron chi connectivity index (χ4n) is 4.87. The predicted molar refractivity (Wildman–Crippen MR) is 121 cm³/mol. The van der Waals surface area contributed by atoms with Gasteiger partial charge in [-0.05, 0) is 61.5 Å². The Morgan fingerprint density at radius 2 is 1.69 bits per heavy atom. The van der Waals surface area contributed by atoms with Crippen LogP contribution in [-0.2, 0) is 0 Å². The maximum absolute atomic E-state index is 5.83. The summed E-state index contributed by atoms with van der Waals surface area (Å²) in [7, 11) is 0. The maximum Gasteiger partial charge on any atom is 0.174 e. The summed E-state index contributed by atoms with van der Waals surface area (Å²) in [6.07, 6.45) is 10.6. The molecule has 1 aromatic carbocycles. The van der Waals surface area contributed by atoms with E-state index in [1.165, 1.54) is 37.8 Å². The first-order valence-electron chi connectivity index (χ1n) is 10.6. The highest BCUT2D eigenvalue weighted by atomic mass is 32.1. The number of aromatic nitrogens is 2. The number of thiocarbonyl (C=S) groups is 1. The standard InChI is InChI=1S/C24H26N4S/c29-24-26-22(20-14-7-8-16-25-20)23(28(24)19-12-5-2-6-13-19)21-15-9-17-27(21)18-10-3-1-4-11-18/h2,5-9,12-18,22-23H,1,3-4,10-11H2,(H,26,29). The molecule has 3 aromatic rings. The fourth-order valence-corrected chi connectivity index (χ4v) is 5.22. The molecule has 2 unspecified atom stereocenters. The van der Waals surface area contributed by atoms with E-state index in [4.69, 9.17) is 12.2 Å². The summed E-state index contributed by atoms with van der Waals surface area (Å²) in [6, 6.07) is 21.7. The van der Waals surface area contributed by atoms with Crippen molar-refractivity contribution in [3.05, 3.63) is 84.4 Å². The van der Waals surface area contributed by atoms with Crippen LogP contribution < -0.4 is 10.2 Å². The quantitative estimate of drug-likeness (QED) is 0.579. The molecular formula is C24H26N4S. The van der Waals surface area contributed by atoms with E-state index in [-0.39, 0.29) is 12.1 Å². The number of para-hydroxylation sites is 1. The summed E-state index contributed by atoms with van der Waals surface area (Å²) in [5, 5.41) is 4.33. The second kappa shape index (κ2) is 7.99. The van der Waals surface area contributed by atoms with Crippen LogP contribution in [0, 0.1) is 0 Å². The smallest absolute Gasteiger partial charge is 0.174 e. The van der Waals surface area contributed by atoms with E-state index in [1.54, 1.807) is 0 Å². The zero-order valence-corrected chi connectivity index (χ0v) is 17.3. The maximum atomic E-state index is 5.83. The highest BCUT2D eigenvalue weighted by molar-refractivity contribution is 7.80. The lowest BCUT2D eigenvalue weighted by atomic mass is 9.94. The molecule has 5 heteroatoms. The van der Waals surface area contributed by atoms with Gasteiger partial charge < -0.3 is 14.8 Å². The predicted octanol–water partition coefficient (Wildman–Crippen LogP) is 5.57. The van der Waals surface area contributed by atoms with E-state index in [1.807, 2.05) is 18.3 Å². The Bertz CT molecular complexity index is 963. The molecule has 1 aliphatic carbocycles. The first kappa shape index (κ1) is 18.4. The van der Waals surface area contributed by atoms with Crippen molar-refractivity contribution in [1.82, 2.24) is 14.9 Å². The van der Waals surface area contributed by atoms with Crippen LogP contribution >= 0.6 is 12.2 Å². The van der Waals surface area contributed by atoms with Crippen molar-refractivity contribution in [2.24, 2.45) is 0 Å². The molecule has 1 N–H and O–H groups in total. The number of pyridine rings is 1. The summed E-state index contributed by atoms with van der Waals surface area (Å²) >= 11 is 5.83. The molecule has 0 radical (unpaired) electrons. The molecule has 2 aliphatic rings. The van der Waals surface area contributed by atoms with E-state index in [0.29, 0.717) is 6.04 Å². The Morgan fingerprint density at radius 1 is 0.897 bits per heavy atom. The third-order valence-electron chi connectivity index (χ3n) is 6.22. The molecule has 1 aliphatic heterocycles. The van der Waals surface area contributed by atoms with Crippen LogP contribution in [0.4, 0.5) is 5.69 Å². The Labute approximate surface area is 177 Å². The highest BCUT2D eigenvalue weighted by Crippen LogP contribution is 2.43. The van der Waals surface area contributed by atoms with Crippen LogP contribution in [0.3, 0.4) is 0 Å². The van der Waals surface area contributed by atoms with Gasteiger partial charge in [-0.2, -0.15) is 0 Å². The minimum absolute atomic E-state index is 0.0150. The topological polar surface area (TPSA) is 33.1 Å². The van der Waals surface area contributed by atoms with Gasteiger partial charge in [-0.25, -0.2) is 0 Å². The van der Waals surface area contributed by atoms with Gasteiger partial charge in [-0.1, -0.05) is 43.5 Å². The number of rotatable bonds is 4. The minimum atomic E-state index is 0.0150. The number of benzene rings is 1. The normalized spacial score (nSPS) is 22.6. The van der Waals surface area contributed by atoms with Gasteiger partial charge in [0.1, 0.15) is 6.04 Å². The van der Waals surface area contributed by atoms with Crippen molar-refractivity contribution in [2.75, 3.05) is 4.90 Å². The Kier molecular flexibility index (Phi) is 5.06. The van der Waals surface area contributed by atoms with Crippen LogP contribution in [0.2, 0.25) is 0 Å². The molecule has 29 heavy (non-hydrogen) atoms.